The molecule has 3 fully saturated rings. The molecule has 0 radical (unpaired) electrons. The van der Waals surface area contributed by atoms with E-state index < -0.39 is 0 Å². The fraction of sp³-hybridized carbons (Fsp3) is 0.542. The number of hydrogen-bond donors (Lipinski definition) is 2. The molecule has 1 saturated carbocycles. The number of hydrogen-bond acceptors (Lipinski definition) is 12. The van der Waals surface area contributed by atoms with Crippen molar-refractivity contribution in [3.05, 3.63) is 70.7 Å². The van der Waals surface area contributed by atoms with E-state index in [1.165, 1.54) is 6.07 Å². The van der Waals surface area contributed by atoms with Crippen molar-refractivity contribution in [2.75, 3.05) is 51.3 Å². The van der Waals surface area contributed by atoms with Crippen LogP contribution in [0.4, 0.5) is 10.2 Å². The van der Waals surface area contributed by atoms with E-state index in [9.17, 15) is 4.79 Å². The Bertz CT molecular complexity index is 2490. The Hall–Kier alpha value is -5.41. The van der Waals surface area contributed by atoms with Gasteiger partial charge in [0.2, 0.25) is 5.91 Å². The SMILES string of the molecule is CCC1CN(c2nc(OC[C@H](C)OC)nc3c(OCc4ccc(C5CN(C(C(=O)N6CCCC6C)C(C)C)N=N5)cc4)c(-c4c(C)c(F)cc5[nH]ncc45)c(C4CC4)cc23)CCN1. The van der Waals surface area contributed by atoms with Crippen LogP contribution in [0.5, 0.6) is 11.8 Å². The largest absolute Gasteiger partial charge is 0.486 e. The van der Waals surface area contributed by atoms with E-state index in [4.69, 9.17) is 24.2 Å². The van der Waals surface area contributed by atoms with Crippen molar-refractivity contribution in [1.29, 1.82) is 0 Å². The first-order chi connectivity index (χ1) is 30.5. The van der Waals surface area contributed by atoms with Gasteiger partial charge < -0.3 is 29.3 Å². The maximum atomic E-state index is 16.0. The summed E-state index contributed by atoms with van der Waals surface area (Å²) in [5, 5.41) is 23.8. The number of likely N-dealkylation sites (tertiary alicyclic amines) is 1. The van der Waals surface area contributed by atoms with Gasteiger partial charge in [-0.2, -0.15) is 20.2 Å². The van der Waals surface area contributed by atoms with Crippen LogP contribution >= 0.6 is 0 Å². The lowest BCUT2D eigenvalue weighted by Crippen LogP contribution is -2.50. The number of methoxy groups -OCH3 is 1. The molecule has 334 valence electrons. The molecule has 4 unspecified atom stereocenters. The summed E-state index contributed by atoms with van der Waals surface area (Å²) in [6.45, 7) is 16.4. The quantitative estimate of drug-likeness (QED) is 0.105. The molecule has 3 aromatic carbocycles. The zero-order valence-electron chi connectivity index (χ0n) is 37.7. The van der Waals surface area contributed by atoms with E-state index in [0.29, 0.717) is 34.9 Å². The average Bonchev–Trinajstić information content (AvgIpc) is 3.58. The van der Waals surface area contributed by atoms with Crippen molar-refractivity contribution in [2.24, 2.45) is 16.3 Å². The van der Waals surface area contributed by atoms with Gasteiger partial charge in [-0.25, -0.2) is 4.39 Å². The number of fused-ring (bicyclic) bond motifs is 2. The second-order valence-electron chi connectivity index (χ2n) is 18.3. The number of amides is 1. The van der Waals surface area contributed by atoms with Gasteiger partial charge in [-0.3, -0.25) is 14.9 Å². The van der Waals surface area contributed by atoms with E-state index in [1.54, 1.807) is 13.3 Å². The summed E-state index contributed by atoms with van der Waals surface area (Å²) in [6.07, 6.45) is 6.67. The third-order valence-electron chi connectivity index (χ3n) is 13.5. The van der Waals surface area contributed by atoms with Gasteiger partial charge >= 0.3 is 6.01 Å². The van der Waals surface area contributed by atoms with Gasteiger partial charge in [-0.05, 0) is 99.1 Å². The molecule has 2 aromatic heterocycles. The first kappa shape index (κ1) is 42.9. The topological polar surface area (TPSA) is 146 Å². The van der Waals surface area contributed by atoms with E-state index in [0.717, 1.165) is 103 Å². The van der Waals surface area contributed by atoms with Gasteiger partial charge in [0.25, 0.3) is 0 Å². The van der Waals surface area contributed by atoms with Crippen LogP contribution in [0, 0.1) is 18.7 Å². The highest BCUT2D eigenvalue weighted by molar-refractivity contribution is 6.06. The highest BCUT2D eigenvalue weighted by Crippen LogP contribution is 2.53. The number of carbonyl (C=O) groups is 1. The average molecular weight is 861 g/mol. The Morgan fingerprint density at radius 3 is 2.52 bits per heavy atom. The molecule has 2 saturated heterocycles. The molecule has 0 bridgehead atoms. The maximum Gasteiger partial charge on any atom is 0.319 e. The molecule has 9 rings (SSSR count). The molecular formula is C48H61FN10O4. The zero-order chi connectivity index (χ0) is 43.9. The predicted molar refractivity (Wildman–Crippen MR) is 242 cm³/mol. The van der Waals surface area contributed by atoms with Crippen molar-refractivity contribution in [3.8, 4) is 22.9 Å². The number of H-pyrrole nitrogens is 1. The number of nitrogens with zero attached hydrogens (tertiary/aromatic N) is 8. The molecule has 15 heteroatoms. The number of aromatic amines is 1. The Labute approximate surface area is 368 Å². The molecule has 1 amide bonds. The Morgan fingerprint density at radius 1 is 1.00 bits per heavy atom. The Kier molecular flexibility index (Phi) is 12.2. The van der Waals surface area contributed by atoms with Crippen LogP contribution in [-0.4, -0.2) is 107 Å². The summed E-state index contributed by atoms with van der Waals surface area (Å²) >= 11 is 0. The van der Waals surface area contributed by atoms with Gasteiger partial charge in [-0.1, -0.05) is 50.3 Å². The standard InChI is InChI=1S/C48H61FN10O4/c1-8-34-23-57(19-17-50-34)46-36-20-35(32-15-16-32)42(41-30(6)38(49)21-39-37(41)22-51-54-39)45(43(36)52-48(53-46)63-25-29(5)61-7)62-26-31-11-13-33(14-12-31)40-24-59(56-55-40)44(27(2)3)47(60)58-18-9-10-28(58)4/h11-14,20-22,27-29,32,34,40,44,50H,8-10,15-19,23-26H2,1-7H3,(H,51,54)/t28?,29-,34?,40?,44?/m0/s1. The molecule has 5 atom stereocenters. The van der Waals surface area contributed by atoms with Crippen LogP contribution in [0.3, 0.4) is 0 Å². The van der Waals surface area contributed by atoms with Gasteiger partial charge in [0.1, 0.15) is 42.4 Å². The lowest BCUT2D eigenvalue weighted by Gasteiger charge is -2.35. The fourth-order valence-corrected chi connectivity index (χ4v) is 9.58. The first-order valence-corrected chi connectivity index (χ1v) is 22.9. The summed E-state index contributed by atoms with van der Waals surface area (Å²) in [5.74, 6) is 1.52. The summed E-state index contributed by atoms with van der Waals surface area (Å²) in [7, 11) is 1.65. The number of anilines is 1. The zero-order valence-corrected chi connectivity index (χ0v) is 37.7. The van der Waals surface area contributed by atoms with Crippen molar-refractivity contribution >= 4 is 33.5 Å². The minimum atomic E-state index is -0.356. The third-order valence-corrected chi connectivity index (χ3v) is 13.5. The molecule has 63 heavy (non-hydrogen) atoms. The number of halogens is 1. The molecule has 0 spiro atoms. The number of carbonyl (C=O) groups excluding carboxylic acids is 1. The Morgan fingerprint density at radius 2 is 1.81 bits per heavy atom. The number of aromatic nitrogens is 4. The van der Waals surface area contributed by atoms with Crippen molar-refractivity contribution in [3.63, 3.8) is 0 Å². The van der Waals surface area contributed by atoms with E-state index in [-0.39, 0.29) is 67.0 Å². The minimum Gasteiger partial charge on any atom is -0.486 e. The normalized spacial score (nSPS) is 21.3. The maximum absolute atomic E-state index is 16.0. The van der Waals surface area contributed by atoms with Crippen molar-refractivity contribution in [1.82, 2.24) is 35.4 Å². The molecule has 14 nitrogen and oxygen atoms in total. The first-order valence-electron chi connectivity index (χ1n) is 22.9. The second kappa shape index (κ2) is 18.0. The van der Waals surface area contributed by atoms with Crippen LogP contribution in [0.25, 0.3) is 32.9 Å². The van der Waals surface area contributed by atoms with Crippen LogP contribution in [0.15, 0.2) is 52.9 Å². The molecular weight excluding hydrogens is 800 g/mol. The number of rotatable bonds is 15. The van der Waals surface area contributed by atoms with Crippen molar-refractivity contribution < 1.29 is 23.4 Å². The van der Waals surface area contributed by atoms with Crippen LogP contribution in [0.1, 0.15) is 101 Å². The predicted octanol–water partition coefficient (Wildman–Crippen LogP) is 8.44. The fourth-order valence-electron chi connectivity index (χ4n) is 9.58. The van der Waals surface area contributed by atoms with Gasteiger partial charge in [0.15, 0.2) is 5.75 Å². The second-order valence-corrected chi connectivity index (χ2v) is 18.3. The van der Waals surface area contributed by atoms with Crippen molar-refractivity contribution in [2.45, 2.75) is 116 Å². The van der Waals surface area contributed by atoms with Crippen LogP contribution < -0.4 is 19.7 Å². The summed E-state index contributed by atoms with van der Waals surface area (Å²) in [5.41, 5.74) is 6.34. The van der Waals surface area contributed by atoms with E-state index >= 15 is 4.39 Å². The molecule has 3 aliphatic heterocycles. The van der Waals surface area contributed by atoms with E-state index in [1.807, 2.05) is 23.8 Å². The smallest absolute Gasteiger partial charge is 0.319 e. The molecule has 2 N–H and O–H groups in total. The number of nitrogens with one attached hydrogen (secondary N) is 2. The number of benzene rings is 3. The Balaban J connectivity index is 1.10. The molecule has 5 heterocycles. The van der Waals surface area contributed by atoms with Crippen LogP contribution in [-0.2, 0) is 16.1 Å². The summed E-state index contributed by atoms with van der Waals surface area (Å²) in [6, 6.07) is 12.2. The number of piperazine rings is 1. The van der Waals surface area contributed by atoms with E-state index in [2.05, 4.69) is 88.8 Å². The van der Waals surface area contributed by atoms with Gasteiger partial charge in [0, 0.05) is 67.3 Å². The lowest BCUT2D eigenvalue weighted by atomic mass is 9.88. The number of ether oxygens (including phenoxy) is 3. The van der Waals surface area contributed by atoms with Gasteiger partial charge in [0.05, 0.1) is 24.4 Å². The van der Waals surface area contributed by atoms with Gasteiger partial charge in [-0.15, -0.1) is 0 Å². The summed E-state index contributed by atoms with van der Waals surface area (Å²) in [4.78, 5) is 28.3. The molecule has 5 aromatic rings. The minimum absolute atomic E-state index is 0.0886. The molecule has 4 aliphatic rings. The molecule has 1 aliphatic carbocycles. The third kappa shape index (κ3) is 8.53. The highest BCUT2D eigenvalue weighted by Gasteiger charge is 2.39. The highest BCUT2D eigenvalue weighted by atomic mass is 19.1. The summed E-state index contributed by atoms with van der Waals surface area (Å²) < 4.78 is 34.9. The van der Waals surface area contributed by atoms with Crippen LogP contribution in [0.2, 0.25) is 0 Å². The lowest BCUT2D eigenvalue weighted by molar-refractivity contribution is -0.139. The monoisotopic (exact) mass is 860 g/mol.